The Labute approximate surface area is 112 Å². The lowest BCUT2D eigenvalue weighted by Crippen LogP contribution is -2.27. The van der Waals surface area contributed by atoms with Crippen molar-refractivity contribution in [3.05, 3.63) is 41.5 Å². The van der Waals surface area contributed by atoms with Crippen LogP contribution in [0.2, 0.25) is 0 Å². The summed E-state index contributed by atoms with van der Waals surface area (Å²) in [6.45, 7) is 1.81. The van der Waals surface area contributed by atoms with Gasteiger partial charge in [-0.15, -0.1) is 0 Å². The average molecular weight is 255 g/mol. The molecule has 1 atom stereocenters. The summed E-state index contributed by atoms with van der Waals surface area (Å²) in [6, 6.07) is 10.3. The van der Waals surface area contributed by atoms with Crippen LogP contribution in [0.15, 0.2) is 30.3 Å². The number of carbonyl (C=O) groups excluding carboxylic acids is 1. The summed E-state index contributed by atoms with van der Waals surface area (Å²) in [5, 5.41) is 5.79. The minimum absolute atomic E-state index is 0.247. The fourth-order valence-electron chi connectivity index (χ4n) is 2.84. The first kappa shape index (κ1) is 12.0. The molecule has 2 aromatic carbocycles. The number of hydrogen-bond donors (Lipinski definition) is 1. The SMILES string of the molecule is COC(=O)C(C)Nc1ccc2c3c(cccc13)CC2. The number of carbonyl (C=O) groups is 1. The van der Waals surface area contributed by atoms with Gasteiger partial charge in [0.2, 0.25) is 0 Å². The van der Waals surface area contributed by atoms with E-state index in [0.29, 0.717) is 0 Å². The average Bonchev–Trinajstić information content (AvgIpc) is 2.86. The topological polar surface area (TPSA) is 38.3 Å². The van der Waals surface area contributed by atoms with Gasteiger partial charge in [-0.2, -0.15) is 0 Å². The van der Waals surface area contributed by atoms with Gasteiger partial charge in [0.1, 0.15) is 6.04 Å². The van der Waals surface area contributed by atoms with E-state index in [4.69, 9.17) is 4.74 Å². The molecule has 0 spiro atoms. The standard InChI is InChI=1S/C16H17NO2/c1-10(16(18)19-2)17-14-9-8-12-7-6-11-4-3-5-13(14)15(11)12/h3-5,8-10,17H,6-7H2,1-2H3. The predicted molar refractivity (Wildman–Crippen MR) is 76.5 cm³/mol. The lowest BCUT2D eigenvalue weighted by atomic mass is 10.0. The summed E-state index contributed by atoms with van der Waals surface area (Å²) >= 11 is 0. The number of methoxy groups -OCH3 is 1. The third-order valence-electron chi connectivity index (χ3n) is 3.80. The van der Waals surface area contributed by atoms with E-state index in [1.54, 1.807) is 0 Å². The number of aryl methyl sites for hydroxylation is 2. The monoisotopic (exact) mass is 255 g/mol. The Balaban J connectivity index is 2.04. The maximum atomic E-state index is 11.5. The molecule has 1 aliphatic carbocycles. The van der Waals surface area contributed by atoms with Crippen LogP contribution in [0.3, 0.4) is 0 Å². The predicted octanol–water partition coefficient (Wildman–Crippen LogP) is 2.91. The van der Waals surface area contributed by atoms with Crippen molar-refractivity contribution < 1.29 is 9.53 Å². The highest BCUT2D eigenvalue weighted by molar-refractivity contribution is 6.00. The largest absolute Gasteiger partial charge is 0.467 e. The van der Waals surface area contributed by atoms with Crippen molar-refractivity contribution in [1.82, 2.24) is 0 Å². The second kappa shape index (κ2) is 4.57. The normalized spacial score (nSPS) is 14.4. The van der Waals surface area contributed by atoms with Gasteiger partial charge in [-0.1, -0.05) is 24.3 Å². The van der Waals surface area contributed by atoms with E-state index < -0.39 is 0 Å². The number of benzene rings is 2. The van der Waals surface area contributed by atoms with E-state index in [1.807, 2.05) is 6.92 Å². The van der Waals surface area contributed by atoms with Crippen molar-refractivity contribution in [3.63, 3.8) is 0 Å². The number of nitrogens with one attached hydrogen (secondary N) is 1. The van der Waals surface area contributed by atoms with E-state index in [2.05, 4.69) is 35.6 Å². The van der Waals surface area contributed by atoms with Gasteiger partial charge in [0.05, 0.1) is 7.11 Å². The zero-order valence-corrected chi connectivity index (χ0v) is 11.2. The van der Waals surface area contributed by atoms with Gasteiger partial charge in [-0.25, -0.2) is 4.79 Å². The summed E-state index contributed by atoms with van der Waals surface area (Å²) in [7, 11) is 1.41. The maximum absolute atomic E-state index is 11.5. The zero-order valence-electron chi connectivity index (χ0n) is 11.2. The number of ether oxygens (including phenoxy) is 1. The summed E-state index contributed by atoms with van der Waals surface area (Å²) in [5.74, 6) is -0.247. The molecule has 3 nitrogen and oxygen atoms in total. The molecular formula is C16H17NO2. The molecule has 19 heavy (non-hydrogen) atoms. The molecule has 1 unspecified atom stereocenters. The van der Waals surface area contributed by atoms with Crippen molar-refractivity contribution >= 4 is 22.4 Å². The van der Waals surface area contributed by atoms with Crippen LogP contribution >= 0.6 is 0 Å². The Morgan fingerprint density at radius 3 is 2.68 bits per heavy atom. The van der Waals surface area contributed by atoms with Crippen LogP contribution in [0.1, 0.15) is 18.1 Å². The van der Waals surface area contributed by atoms with Crippen molar-refractivity contribution in [2.75, 3.05) is 12.4 Å². The molecular weight excluding hydrogens is 238 g/mol. The molecule has 0 aromatic heterocycles. The molecule has 1 aliphatic rings. The zero-order chi connectivity index (χ0) is 13.4. The van der Waals surface area contributed by atoms with Crippen molar-refractivity contribution in [3.8, 4) is 0 Å². The number of anilines is 1. The van der Waals surface area contributed by atoms with Gasteiger partial charge < -0.3 is 10.1 Å². The Hall–Kier alpha value is -2.03. The van der Waals surface area contributed by atoms with E-state index in [9.17, 15) is 4.79 Å². The first-order valence-electron chi connectivity index (χ1n) is 6.58. The second-order valence-corrected chi connectivity index (χ2v) is 5.00. The quantitative estimate of drug-likeness (QED) is 0.857. The minimum Gasteiger partial charge on any atom is -0.467 e. The maximum Gasteiger partial charge on any atom is 0.327 e. The van der Waals surface area contributed by atoms with Gasteiger partial charge in [0, 0.05) is 11.1 Å². The molecule has 0 amide bonds. The smallest absolute Gasteiger partial charge is 0.327 e. The number of esters is 1. The molecule has 0 fully saturated rings. The van der Waals surface area contributed by atoms with Crippen LogP contribution in [0.25, 0.3) is 10.8 Å². The molecule has 0 aliphatic heterocycles. The molecule has 0 heterocycles. The van der Waals surface area contributed by atoms with E-state index >= 15 is 0 Å². The molecule has 0 saturated heterocycles. The molecule has 0 radical (unpaired) electrons. The Bertz CT molecular complexity index is 638. The molecule has 2 aromatic rings. The van der Waals surface area contributed by atoms with Crippen LogP contribution in [0.4, 0.5) is 5.69 Å². The molecule has 3 rings (SSSR count). The molecule has 3 heteroatoms. The van der Waals surface area contributed by atoms with Crippen LogP contribution in [-0.4, -0.2) is 19.1 Å². The fourth-order valence-corrected chi connectivity index (χ4v) is 2.84. The highest BCUT2D eigenvalue weighted by Gasteiger charge is 2.18. The Morgan fingerprint density at radius 2 is 1.95 bits per heavy atom. The fraction of sp³-hybridized carbons (Fsp3) is 0.312. The van der Waals surface area contributed by atoms with Gasteiger partial charge >= 0.3 is 5.97 Å². The molecule has 98 valence electrons. The number of rotatable bonds is 3. The van der Waals surface area contributed by atoms with Crippen LogP contribution in [-0.2, 0) is 22.4 Å². The second-order valence-electron chi connectivity index (χ2n) is 5.00. The lowest BCUT2D eigenvalue weighted by molar-refractivity contribution is -0.141. The van der Waals surface area contributed by atoms with E-state index in [-0.39, 0.29) is 12.0 Å². The van der Waals surface area contributed by atoms with Crippen molar-refractivity contribution in [2.24, 2.45) is 0 Å². The minimum atomic E-state index is -0.344. The first-order valence-corrected chi connectivity index (χ1v) is 6.58. The highest BCUT2D eigenvalue weighted by Crippen LogP contribution is 2.35. The van der Waals surface area contributed by atoms with Crippen LogP contribution in [0.5, 0.6) is 0 Å². The Kier molecular flexibility index (Phi) is 2.90. The first-order chi connectivity index (χ1) is 9.20. The van der Waals surface area contributed by atoms with Gasteiger partial charge in [0.15, 0.2) is 0 Å². The third kappa shape index (κ3) is 1.95. The summed E-state index contributed by atoms with van der Waals surface area (Å²) < 4.78 is 4.75. The summed E-state index contributed by atoms with van der Waals surface area (Å²) in [6.07, 6.45) is 2.23. The van der Waals surface area contributed by atoms with E-state index in [0.717, 1.165) is 18.5 Å². The van der Waals surface area contributed by atoms with Crippen molar-refractivity contribution in [1.29, 1.82) is 0 Å². The molecule has 0 bridgehead atoms. The van der Waals surface area contributed by atoms with Crippen molar-refractivity contribution in [2.45, 2.75) is 25.8 Å². The van der Waals surface area contributed by atoms with Gasteiger partial charge in [-0.05, 0) is 42.3 Å². The summed E-state index contributed by atoms with van der Waals surface area (Å²) in [5.41, 5.74) is 3.81. The number of hydrogen-bond acceptors (Lipinski definition) is 3. The highest BCUT2D eigenvalue weighted by atomic mass is 16.5. The third-order valence-corrected chi connectivity index (χ3v) is 3.80. The van der Waals surface area contributed by atoms with Crippen LogP contribution < -0.4 is 5.32 Å². The van der Waals surface area contributed by atoms with Crippen LogP contribution in [0, 0.1) is 0 Å². The Morgan fingerprint density at radius 1 is 1.21 bits per heavy atom. The van der Waals surface area contributed by atoms with Gasteiger partial charge in [0.25, 0.3) is 0 Å². The van der Waals surface area contributed by atoms with Gasteiger partial charge in [-0.3, -0.25) is 0 Å². The summed E-state index contributed by atoms with van der Waals surface area (Å²) in [4.78, 5) is 11.5. The molecule has 1 N–H and O–H groups in total. The molecule has 0 saturated carbocycles. The van der Waals surface area contributed by atoms with E-state index in [1.165, 1.54) is 29.0 Å². The lowest BCUT2D eigenvalue weighted by Gasteiger charge is -2.15.